The van der Waals surface area contributed by atoms with Crippen molar-refractivity contribution in [3.05, 3.63) is 8.83 Å². The van der Waals surface area contributed by atoms with Gasteiger partial charge >= 0.3 is 0 Å². The van der Waals surface area contributed by atoms with Crippen LogP contribution in [0.25, 0.3) is 0 Å². The van der Waals surface area contributed by atoms with Gasteiger partial charge in [0, 0.05) is 26.7 Å². The standard InChI is InChI=1S/C12H19N3O2S2/c1-17-8-7-15-10(13)9(19-12(15)18)11(16)14-5-3-2-4-6-14/h2-8,13H2,1H3. The molecule has 0 spiro atoms. The zero-order valence-corrected chi connectivity index (χ0v) is 12.7. The fourth-order valence-corrected chi connectivity index (χ4v) is 3.55. The number of rotatable bonds is 4. The normalized spacial score (nSPS) is 15.7. The lowest BCUT2D eigenvalue weighted by atomic mass is 10.1. The molecule has 0 radical (unpaired) electrons. The SMILES string of the molecule is COCCn1c(N)c(C(=O)N2CCCCC2)sc1=S. The first-order valence-electron chi connectivity index (χ1n) is 6.42. The second-order valence-corrected chi connectivity index (χ2v) is 6.22. The van der Waals surface area contributed by atoms with Gasteiger partial charge in [-0.3, -0.25) is 4.79 Å². The number of nitrogens with zero attached hydrogens (tertiary/aromatic N) is 2. The number of aromatic nitrogens is 1. The molecule has 0 bridgehead atoms. The molecule has 1 aromatic rings. The maximum Gasteiger partial charge on any atom is 0.267 e. The summed E-state index contributed by atoms with van der Waals surface area (Å²) in [6.45, 7) is 2.76. The highest BCUT2D eigenvalue weighted by atomic mass is 32.1. The van der Waals surface area contributed by atoms with E-state index in [1.54, 1.807) is 11.7 Å². The molecule has 1 aromatic heterocycles. The van der Waals surface area contributed by atoms with Gasteiger partial charge in [0.1, 0.15) is 10.7 Å². The number of carbonyl (C=O) groups is 1. The number of piperidine rings is 1. The highest BCUT2D eigenvalue weighted by molar-refractivity contribution is 7.73. The van der Waals surface area contributed by atoms with Gasteiger partial charge in [0.25, 0.3) is 5.91 Å². The summed E-state index contributed by atoms with van der Waals surface area (Å²) in [6.07, 6.45) is 3.34. The van der Waals surface area contributed by atoms with Crippen molar-refractivity contribution >= 4 is 35.3 Å². The van der Waals surface area contributed by atoms with Crippen molar-refractivity contribution in [2.75, 3.05) is 32.5 Å². The average Bonchev–Trinajstić information content (AvgIpc) is 2.72. The number of methoxy groups -OCH3 is 1. The third kappa shape index (κ3) is 3.16. The number of nitrogens with two attached hydrogens (primary N) is 1. The molecule has 1 aliphatic heterocycles. The Bertz CT molecular complexity index is 504. The van der Waals surface area contributed by atoms with Gasteiger partial charge in [-0.2, -0.15) is 0 Å². The van der Waals surface area contributed by atoms with Crippen molar-refractivity contribution in [3.8, 4) is 0 Å². The molecule has 2 N–H and O–H groups in total. The van der Waals surface area contributed by atoms with E-state index in [1.165, 1.54) is 17.8 Å². The number of hydrogen-bond acceptors (Lipinski definition) is 5. The summed E-state index contributed by atoms with van der Waals surface area (Å²) in [5.74, 6) is 0.493. The van der Waals surface area contributed by atoms with Crippen LogP contribution in [0.1, 0.15) is 28.9 Å². The molecule has 2 rings (SSSR count). The number of likely N-dealkylation sites (tertiary alicyclic amines) is 1. The number of hydrogen-bond donors (Lipinski definition) is 1. The second-order valence-electron chi connectivity index (χ2n) is 4.58. The molecular formula is C12H19N3O2S2. The van der Waals surface area contributed by atoms with E-state index in [0.29, 0.717) is 27.8 Å². The molecule has 1 amide bonds. The van der Waals surface area contributed by atoms with E-state index in [4.69, 9.17) is 22.7 Å². The van der Waals surface area contributed by atoms with E-state index in [9.17, 15) is 4.79 Å². The molecule has 1 fully saturated rings. The molecule has 106 valence electrons. The predicted octanol–water partition coefficient (Wildman–Crippen LogP) is 2.13. The van der Waals surface area contributed by atoms with Gasteiger partial charge in [-0.15, -0.1) is 0 Å². The van der Waals surface area contributed by atoms with Crippen LogP contribution in [0.5, 0.6) is 0 Å². The number of ether oxygens (including phenoxy) is 1. The number of carbonyl (C=O) groups excluding carboxylic acids is 1. The number of anilines is 1. The van der Waals surface area contributed by atoms with Crippen molar-refractivity contribution < 1.29 is 9.53 Å². The largest absolute Gasteiger partial charge is 0.384 e. The first kappa shape index (κ1) is 14.5. The Hall–Kier alpha value is -0.920. The first-order valence-corrected chi connectivity index (χ1v) is 7.65. The molecular weight excluding hydrogens is 282 g/mol. The van der Waals surface area contributed by atoms with Crippen molar-refractivity contribution in [2.45, 2.75) is 25.8 Å². The fourth-order valence-electron chi connectivity index (χ4n) is 2.20. The summed E-state index contributed by atoms with van der Waals surface area (Å²) < 4.78 is 7.44. The van der Waals surface area contributed by atoms with Crippen molar-refractivity contribution in [3.63, 3.8) is 0 Å². The summed E-state index contributed by atoms with van der Waals surface area (Å²) in [5.41, 5.74) is 6.06. The van der Waals surface area contributed by atoms with Crippen LogP contribution in [0.2, 0.25) is 0 Å². The molecule has 19 heavy (non-hydrogen) atoms. The summed E-state index contributed by atoms with van der Waals surface area (Å²) in [6, 6.07) is 0. The summed E-state index contributed by atoms with van der Waals surface area (Å²) in [7, 11) is 1.63. The van der Waals surface area contributed by atoms with Gasteiger partial charge in [0.05, 0.1) is 6.61 Å². The van der Waals surface area contributed by atoms with Crippen LogP contribution >= 0.6 is 23.6 Å². The van der Waals surface area contributed by atoms with Crippen LogP contribution in [0, 0.1) is 3.95 Å². The van der Waals surface area contributed by atoms with Crippen LogP contribution in [0.4, 0.5) is 5.82 Å². The van der Waals surface area contributed by atoms with Gasteiger partial charge in [-0.1, -0.05) is 11.3 Å². The van der Waals surface area contributed by atoms with Crippen molar-refractivity contribution in [1.29, 1.82) is 0 Å². The zero-order chi connectivity index (χ0) is 13.8. The third-order valence-electron chi connectivity index (χ3n) is 3.29. The second kappa shape index (κ2) is 6.49. The number of thiazole rings is 1. The third-order valence-corrected chi connectivity index (χ3v) is 4.74. The van der Waals surface area contributed by atoms with Gasteiger partial charge in [-0.05, 0) is 31.5 Å². The molecule has 0 aromatic carbocycles. The maximum atomic E-state index is 12.4. The molecule has 2 heterocycles. The molecule has 0 aliphatic carbocycles. The molecule has 5 nitrogen and oxygen atoms in total. The van der Waals surface area contributed by atoms with Gasteiger partial charge in [-0.25, -0.2) is 0 Å². The summed E-state index contributed by atoms with van der Waals surface area (Å²) in [4.78, 5) is 14.9. The minimum Gasteiger partial charge on any atom is -0.384 e. The Labute approximate surface area is 122 Å². The average molecular weight is 301 g/mol. The lowest BCUT2D eigenvalue weighted by molar-refractivity contribution is 0.0729. The summed E-state index contributed by atoms with van der Waals surface area (Å²) in [5, 5.41) is 0. The van der Waals surface area contributed by atoms with E-state index in [0.717, 1.165) is 25.9 Å². The Morgan fingerprint density at radius 1 is 1.42 bits per heavy atom. The Morgan fingerprint density at radius 2 is 2.11 bits per heavy atom. The lowest BCUT2D eigenvalue weighted by Crippen LogP contribution is -2.35. The molecule has 0 unspecified atom stereocenters. The molecule has 1 aliphatic rings. The van der Waals surface area contributed by atoms with Gasteiger partial charge in [0.2, 0.25) is 0 Å². The smallest absolute Gasteiger partial charge is 0.267 e. The monoisotopic (exact) mass is 301 g/mol. The van der Waals surface area contributed by atoms with Crippen molar-refractivity contribution in [2.24, 2.45) is 0 Å². The molecule has 0 atom stereocenters. The zero-order valence-electron chi connectivity index (χ0n) is 11.1. The highest BCUT2D eigenvalue weighted by Gasteiger charge is 2.23. The first-order chi connectivity index (χ1) is 9.15. The molecule has 0 saturated carbocycles. The van der Waals surface area contributed by atoms with Gasteiger partial charge in [0.15, 0.2) is 3.95 Å². The van der Waals surface area contributed by atoms with Crippen LogP contribution in [-0.2, 0) is 11.3 Å². The van der Waals surface area contributed by atoms with E-state index in [-0.39, 0.29) is 5.91 Å². The number of nitrogen functional groups attached to an aromatic ring is 1. The molecule has 7 heteroatoms. The van der Waals surface area contributed by atoms with E-state index < -0.39 is 0 Å². The van der Waals surface area contributed by atoms with E-state index in [1.807, 2.05) is 4.90 Å². The summed E-state index contributed by atoms with van der Waals surface area (Å²) >= 11 is 6.57. The van der Waals surface area contributed by atoms with E-state index in [2.05, 4.69) is 0 Å². The Balaban J connectivity index is 2.20. The van der Waals surface area contributed by atoms with Crippen LogP contribution in [-0.4, -0.2) is 42.2 Å². The van der Waals surface area contributed by atoms with Gasteiger partial charge < -0.3 is 19.9 Å². The van der Waals surface area contributed by atoms with Crippen LogP contribution in [0.3, 0.4) is 0 Å². The maximum absolute atomic E-state index is 12.4. The van der Waals surface area contributed by atoms with Crippen molar-refractivity contribution in [1.82, 2.24) is 9.47 Å². The Kier molecular flexibility index (Phi) is 4.95. The minimum atomic E-state index is 0.0180. The molecule has 1 saturated heterocycles. The quantitative estimate of drug-likeness (QED) is 0.866. The predicted molar refractivity (Wildman–Crippen MR) is 79.2 cm³/mol. The van der Waals surface area contributed by atoms with Crippen LogP contribution < -0.4 is 5.73 Å². The lowest BCUT2D eigenvalue weighted by Gasteiger charge is -2.26. The number of amides is 1. The Morgan fingerprint density at radius 3 is 2.74 bits per heavy atom. The van der Waals surface area contributed by atoms with Crippen LogP contribution in [0.15, 0.2) is 0 Å². The minimum absolute atomic E-state index is 0.0180. The topological polar surface area (TPSA) is 60.5 Å². The fraction of sp³-hybridized carbons (Fsp3) is 0.667. The van der Waals surface area contributed by atoms with E-state index >= 15 is 0 Å². The highest BCUT2D eigenvalue weighted by Crippen LogP contribution is 2.25.